The minimum Gasteiger partial charge on any atom is -0.505 e. The number of carbonyl (C=O) groups excluding carboxylic acids is 1. The molecule has 5 heteroatoms. The lowest BCUT2D eigenvalue weighted by Gasteiger charge is -2.59. The number of allylic oxidation sites excluding steroid dienone is 3. The number of ether oxygens (including phenoxy) is 1. The lowest BCUT2D eigenvalue weighted by molar-refractivity contribution is -0.155. The van der Waals surface area contributed by atoms with Crippen molar-refractivity contribution in [2.45, 2.75) is 84.7 Å². The van der Waals surface area contributed by atoms with Crippen molar-refractivity contribution in [2.75, 3.05) is 0 Å². The Morgan fingerprint density at radius 2 is 2.10 bits per heavy atom. The van der Waals surface area contributed by atoms with Gasteiger partial charge in [0.15, 0.2) is 10.7 Å². The van der Waals surface area contributed by atoms with Gasteiger partial charge in [-0.1, -0.05) is 25.5 Å². The summed E-state index contributed by atoms with van der Waals surface area (Å²) in [5.74, 6) is 2.45. The number of fused-ring (bicyclic) bond motifs is 5. The van der Waals surface area contributed by atoms with E-state index >= 15 is 0 Å². The maximum Gasteiger partial charge on any atom is 0.387 e. The second-order valence-electron chi connectivity index (χ2n) is 10.5. The van der Waals surface area contributed by atoms with Crippen LogP contribution < -0.4 is 0 Å². The van der Waals surface area contributed by atoms with E-state index in [-0.39, 0.29) is 23.2 Å². The summed E-state index contributed by atoms with van der Waals surface area (Å²) in [4.78, 5) is 14.4. The molecule has 0 aromatic rings. The number of rotatable bonds is 3. The summed E-state index contributed by atoms with van der Waals surface area (Å²) < 4.78 is 5.57. The highest BCUT2D eigenvalue weighted by atomic mass is 16.5. The predicted molar refractivity (Wildman–Crippen MR) is 111 cm³/mol. The number of diazo groups is 1. The molecule has 4 aliphatic rings. The van der Waals surface area contributed by atoms with Gasteiger partial charge in [0.05, 0.1) is 0 Å². The number of esters is 1. The zero-order valence-electron chi connectivity index (χ0n) is 18.1. The molecule has 0 saturated heterocycles. The largest absolute Gasteiger partial charge is 0.505 e. The Balaban J connectivity index is 1.51. The van der Waals surface area contributed by atoms with Crippen LogP contribution in [0.2, 0.25) is 0 Å². The first-order valence-corrected chi connectivity index (χ1v) is 11.4. The maximum atomic E-state index is 11.4. The first-order valence-electron chi connectivity index (χ1n) is 11.4. The van der Waals surface area contributed by atoms with Crippen molar-refractivity contribution in [3.05, 3.63) is 28.6 Å². The summed E-state index contributed by atoms with van der Waals surface area (Å²) >= 11 is 0. The summed E-state index contributed by atoms with van der Waals surface area (Å²) in [7, 11) is 0. The molecule has 5 nitrogen and oxygen atoms in total. The van der Waals surface area contributed by atoms with Crippen LogP contribution in [0.5, 0.6) is 0 Å². The third-order valence-electron chi connectivity index (χ3n) is 9.20. The molecule has 0 heterocycles. The molecule has 0 unspecified atom stereocenters. The lowest BCUT2D eigenvalue weighted by atomic mass is 9.46. The summed E-state index contributed by atoms with van der Waals surface area (Å²) in [6, 6.07) is 0. The molecule has 158 valence electrons. The molecule has 3 fully saturated rings. The van der Waals surface area contributed by atoms with Gasteiger partial charge in [-0.05, 0) is 85.9 Å². The first kappa shape index (κ1) is 20.4. The van der Waals surface area contributed by atoms with Crippen LogP contribution in [0.1, 0.15) is 78.6 Å². The van der Waals surface area contributed by atoms with E-state index in [0.717, 1.165) is 25.7 Å². The van der Waals surface area contributed by atoms with Crippen LogP contribution in [0, 0.1) is 39.9 Å². The zero-order chi connectivity index (χ0) is 20.8. The van der Waals surface area contributed by atoms with Crippen molar-refractivity contribution in [1.29, 1.82) is 5.39 Å². The number of hydrogen-bond acceptors (Lipinski definition) is 4. The Hall–Kier alpha value is -1.83. The van der Waals surface area contributed by atoms with Gasteiger partial charge in [0.1, 0.15) is 6.10 Å². The Morgan fingerprint density at radius 3 is 2.83 bits per heavy atom. The zero-order valence-corrected chi connectivity index (χ0v) is 18.1. The van der Waals surface area contributed by atoms with E-state index < -0.39 is 0 Å². The van der Waals surface area contributed by atoms with Crippen LogP contribution >= 0.6 is 0 Å². The monoisotopic (exact) mass is 399 g/mol. The van der Waals surface area contributed by atoms with Crippen LogP contribution in [-0.4, -0.2) is 17.2 Å². The average molecular weight is 400 g/mol. The minimum absolute atomic E-state index is 0.109. The van der Waals surface area contributed by atoms with Gasteiger partial charge in [-0.3, -0.25) is 4.79 Å². The second kappa shape index (κ2) is 7.45. The predicted octanol–water partition coefficient (Wildman–Crippen LogP) is 6.14. The SMILES string of the molecule is CC(=O)O[C@H]1CC[C@@]2(C)[C@H](CC[C@H]3C4=CC[C@H](CC(O)=C[N+]#N)[C@@]4(C)CC[C@@H]32)C1. The van der Waals surface area contributed by atoms with Gasteiger partial charge in [-0.25, -0.2) is 0 Å². The summed E-state index contributed by atoms with van der Waals surface area (Å²) in [5, 5.41) is 18.8. The minimum atomic E-state index is -0.144. The van der Waals surface area contributed by atoms with Crippen molar-refractivity contribution in [3.8, 4) is 0 Å². The Morgan fingerprint density at radius 1 is 1.31 bits per heavy atom. The standard InChI is InChI=1S/C24H34N2O3/c1-15(27)29-19-8-10-23(2)17(13-19)4-6-20-21-7-5-16(12-18(28)14-26-25)24(21,3)11-9-22(20)23/h7,14,16-17,19-20,22H,4-6,8-13H2,1-3H3/p+1/t16-,17-,19+,20+,22+,23+,24-/m1/s1. The molecular formula is C24H35N2O3+. The van der Waals surface area contributed by atoms with Gasteiger partial charge in [-0.2, -0.15) is 0 Å². The Bertz CT molecular complexity index is 781. The first-order chi connectivity index (χ1) is 13.8. The van der Waals surface area contributed by atoms with E-state index in [0.29, 0.717) is 35.5 Å². The van der Waals surface area contributed by atoms with Crippen LogP contribution in [0.4, 0.5) is 0 Å². The van der Waals surface area contributed by atoms with Crippen LogP contribution in [0.15, 0.2) is 23.6 Å². The van der Waals surface area contributed by atoms with Crippen LogP contribution in [0.3, 0.4) is 0 Å². The highest BCUT2D eigenvalue weighted by molar-refractivity contribution is 5.66. The van der Waals surface area contributed by atoms with Crippen molar-refractivity contribution in [1.82, 2.24) is 0 Å². The number of aliphatic hydroxyl groups is 1. The molecule has 0 aliphatic heterocycles. The number of carbonyl (C=O) groups is 1. The second-order valence-corrected chi connectivity index (χ2v) is 10.5. The molecule has 7 atom stereocenters. The molecule has 0 spiro atoms. The smallest absolute Gasteiger partial charge is 0.387 e. The number of nitrogens with zero attached hydrogens (tertiary/aromatic N) is 2. The summed E-state index contributed by atoms with van der Waals surface area (Å²) in [5.41, 5.74) is 2.13. The normalized spacial score (nSPS) is 44.0. The fraction of sp³-hybridized carbons (Fsp3) is 0.792. The molecule has 4 rings (SSSR count). The average Bonchev–Trinajstić information content (AvgIpc) is 2.98. The maximum absolute atomic E-state index is 11.4. The van der Waals surface area contributed by atoms with Gasteiger partial charge in [0.25, 0.3) is 0 Å². The van der Waals surface area contributed by atoms with Crippen molar-refractivity contribution >= 4 is 5.97 Å². The molecule has 0 bridgehead atoms. The fourth-order valence-electron chi connectivity index (χ4n) is 7.66. The van der Waals surface area contributed by atoms with Crippen molar-refractivity contribution in [2.24, 2.45) is 34.5 Å². The molecule has 0 amide bonds. The van der Waals surface area contributed by atoms with Gasteiger partial charge < -0.3 is 9.84 Å². The fourth-order valence-corrected chi connectivity index (χ4v) is 7.66. The lowest BCUT2D eigenvalue weighted by Crippen LogP contribution is -2.52. The van der Waals surface area contributed by atoms with Gasteiger partial charge in [0, 0.05) is 13.3 Å². The Kier molecular flexibility index (Phi) is 5.25. The molecular weight excluding hydrogens is 364 g/mol. The molecule has 0 aromatic carbocycles. The van der Waals surface area contributed by atoms with E-state index in [9.17, 15) is 9.90 Å². The Labute approximate surface area is 174 Å². The number of hydrogen-bond donors (Lipinski definition) is 1. The third-order valence-corrected chi connectivity index (χ3v) is 9.20. The van der Waals surface area contributed by atoms with Crippen molar-refractivity contribution < 1.29 is 14.6 Å². The summed E-state index contributed by atoms with van der Waals surface area (Å²) in [6.07, 6.45) is 13.4. The number of aliphatic hydroxyl groups excluding tert-OH is 1. The van der Waals surface area contributed by atoms with E-state index in [1.807, 2.05) is 0 Å². The van der Waals surface area contributed by atoms with Crippen LogP contribution in [-0.2, 0) is 9.53 Å². The third kappa shape index (κ3) is 3.39. The topological polar surface area (TPSA) is 74.7 Å². The van der Waals surface area contributed by atoms with Gasteiger partial charge in [-0.15, -0.1) is 0 Å². The van der Waals surface area contributed by atoms with E-state index in [4.69, 9.17) is 10.1 Å². The quantitative estimate of drug-likeness (QED) is 0.268. The highest BCUT2D eigenvalue weighted by Crippen LogP contribution is 2.66. The molecule has 29 heavy (non-hydrogen) atoms. The van der Waals surface area contributed by atoms with E-state index in [1.54, 1.807) is 5.57 Å². The molecule has 0 aromatic heterocycles. The molecule has 4 aliphatic carbocycles. The highest BCUT2D eigenvalue weighted by Gasteiger charge is 2.57. The van der Waals surface area contributed by atoms with Gasteiger partial charge in [0.2, 0.25) is 5.39 Å². The molecule has 1 N–H and O–H groups in total. The van der Waals surface area contributed by atoms with E-state index in [2.05, 4.69) is 24.9 Å². The van der Waals surface area contributed by atoms with Gasteiger partial charge >= 0.3 is 12.2 Å². The van der Waals surface area contributed by atoms with Crippen LogP contribution in [0.25, 0.3) is 4.98 Å². The van der Waals surface area contributed by atoms with E-state index in [1.165, 1.54) is 38.8 Å². The summed E-state index contributed by atoms with van der Waals surface area (Å²) in [6.45, 7) is 6.42. The molecule has 0 radical (unpaired) electrons. The molecule has 3 saturated carbocycles. The van der Waals surface area contributed by atoms with Crippen molar-refractivity contribution in [3.63, 3.8) is 0 Å².